The number of rotatable bonds is 7. The summed E-state index contributed by atoms with van der Waals surface area (Å²) >= 11 is 2.81. The van der Waals surface area contributed by atoms with E-state index in [0.29, 0.717) is 10.9 Å². The Hall–Kier alpha value is -2.38. The van der Waals surface area contributed by atoms with Crippen molar-refractivity contribution in [2.24, 2.45) is 0 Å². The molecule has 5 nitrogen and oxygen atoms in total. The minimum atomic E-state index is -0.0537. The lowest BCUT2D eigenvalue weighted by molar-refractivity contribution is -0.113. The van der Waals surface area contributed by atoms with E-state index < -0.39 is 0 Å². The molecule has 2 aromatic carbocycles. The van der Waals surface area contributed by atoms with Gasteiger partial charge in [-0.1, -0.05) is 60.4 Å². The van der Waals surface area contributed by atoms with Crippen molar-refractivity contribution in [1.82, 2.24) is 10.2 Å². The molecule has 3 aromatic rings. The van der Waals surface area contributed by atoms with E-state index in [4.69, 9.17) is 0 Å². The van der Waals surface area contributed by atoms with E-state index in [1.807, 2.05) is 54.6 Å². The van der Waals surface area contributed by atoms with Gasteiger partial charge in [0.15, 0.2) is 4.34 Å². The van der Waals surface area contributed by atoms with Crippen LogP contribution in [0.5, 0.6) is 0 Å². The molecule has 128 valence electrons. The molecule has 0 spiro atoms. The first kappa shape index (κ1) is 17.4. The minimum Gasteiger partial charge on any atom is -0.330 e. The summed E-state index contributed by atoms with van der Waals surface area (Å²) in [5, 5.41) is 15.0. The molecule has 0 saturated heterocycles. The van der Waals surface area contributed by atoms with E-state index in [1.54, 1.807) is 0 Å². The highest BCUT2D eigenvalue weighted by molar-refractivity contribution is 8.01. The zero-order chi connectivity index (χ0) is 17.5. The summed E-state index contributed by atoms with van der Waals surface area (Å²) in [5.41, 5.74) is 3.02. The normalized spacial score (nSPS) is 10.4. The van der Waals surface area contributed by atoms with Gasteiger partial charge in [0.1, 0.15) is 0 Å². The molecule has 0 fully saturated rings. The average molecular weight is 371 g/mol. The van der Waals surface area contributed by atoms with Crippen LogP contribution < -0.4 is 10.6 Å². The van der Waals surface area contributed by atoms with Crippen molar-refractivity contribution in [3.63, 3.8) is 0 Å². The maximum Gasteiger partial charge on any atom is 0.234 e. The molecule has 1 aromatic heterocycles. The van der Waals surface area contributed by atoms with Crippen molar-refractivity contribution in [3.8, 4) is 0 Å². The fraction of sp³-hybridized carbons (Fsp3) is 0.167. The quantitative estimate of drug-likeness (QED) is 0.596. The van der Waals surface area contributed by atoms with Gasteiger partial charge in [0.05, 0.1) is 5.75 Å². The van der Waals surface area contributed by atoms with Gasteiger partial charge < -0.3 is 10.6 Å². The Balaban J connectivity index is 1.48. The largest absolute Gasteiger partial charge is 0.330 e. The molecule has 2 N–H and O–H groups in total. The van der Waals surface area contributed by atoms with Gasteiger partial charge in [-0.3, -0.25) is 4.79 Å². The SMILES string of the molecule is CCc1ccc(NC(=O)CSc2nnc(Nc3ccccc3)s2)cc1. The fourth-order valence-electron chi connectivity index (χ4n) is 2.11. The van der Waals surface area contributed by atoms with Gasteiger partial charge in [0.25, 0.3) is 0 Å². The number of carbonyl (C=O) groups is 1. The molecule has 0 aliphatic heterocycles. The molecular formula is C18H18N4OS2. The lowest BCUT2D eigenvalue weighted by Gasteiger charge is -2.05. The molecule has 7 heteroatoms. The highest BCUT2D eigenvalue weighted by Gasteiger charge is 2.09. The number of hydrogen-bond donors (Lipinski definition) is 2. The Kier molecular flexibility index (Phi) is 6.03. The predicted octanol–water partition coefficient (Wildman–Crippen LogP) is 4.57. The second-order valence-electron chi connectivity index (χ2n) is 5.25. The van der Waals surface area contributed by atoms with Gasteiger partial charge in [-0.15, -0.1) is 10.2 Å². The van der Waals surface area contributed by atoms with Crippen molar-refractivity contribution < 1.29 is 4.79 Å². The van der Waals surface area contributed by atoms with Crippen molar-refractivity contribution >= 4 is 45.5 Å². The van der Waals surface area contributed by atoms with Crippen LogP contribution in [0.15, 0.2) is 58.9 Å². The van der Waals surface area contributed by atoms with Gasteiger partial charge in [0.2, 0.25) is 11.0 Å². The number of thioether (sulfide) groups is 1. The molecule has 3 rings (SSSR count). The maximum atomic E-state index is 12.0. The molecule has 0 saturated carbocycles. The van der Waals surface area contributed by atoms with Gasteiger partial charge in [0, 0.05) is 11.4 Å². The van der Waals surface area contributed by atoms with Crippen molar-refractivity contribution in [2.75, 3.05) is 16.4 Å². The Morgan fingerprint density at radius 1 is 1.04 bits per heavy atom. The standard InChI is InChI=1S/C18H18N4OS2/c1-2-13-8-10-15(11-9-13)19-16(23)12-24-18-22-21-17(25-18)20-14-6-4-3-5-7-14/h3-11H,2,12H2,1H3,(H,19,23)(H,20,21). The van der Waals surface area contributed by atoms with Gasteiger partial charge in [-0.25, -0.2) is 0 Å². The third kappa shape index (κ3) is 5.30. The molecule has 0 aliphatic rings. The highest BCUT2D eigenvalue weighted by atomic mass is 32.2. The van der Waals surface area contributed by atoms with Crippen LogP contribution in [0.2, 0.25) is 0 Å². The Bertz CT molecular complexity index is 819. The van der Waals surface area contributed by atoms with Crippen LogP contribution in [0, 0.1) is 0 Å². The van der Waals surface area contributed by atoms with Crippen molar-refractivity contribution in [2.45, 2.75) is 17.7 Å². The summed E-state index contributed by atoms with van der Waals surface area (Å²) in [7, 11) is 0. The molecule has 25 heavy (non-hydrogen) atoms. The second kappa shape index (κ2) is 8.64. The number of aryl methyl sites for hydroxylation is 1. The van der Waals surface area contributed by atoms with E-state index in [-0.39, 0.29) is 5.91 Å². The number of benzene rings is 2. The molecule has 0 aliphatic carbocycles. The number of nitrogens with zero attached hydrogens (tertiary/aromatic N) is 2. The Labute approximate surface area is 154 Å². The van der Waals surface area contributed by atoms with E-state index in [0.717, 1.165) is 22.1 Å². The Morgan fingerprint density at radius 2 is 1.80 bits per heavy atom. The molecule has 1 heterocycles. The zero-order valence-electron chi connectivity index (χ0n) is 13.7. The molecule has 1 amide bonds. The van der Waals surface area contributed by atoms with Crippen LogP contribution in [-0.4, -0.2) is 21.9 Å². The topological polar surface area (TPSA) is 66.9 Å². The smallest absolute Gasteiger partial charge is 0.234 e. The average Bonchev–Trinajstić information content (AvgIpc) is 3.09. The first-order valence-electron chi connectivity index (χ1n) is 7.90. The number of anilines is 3. The van der Waals surface area contributed by atoms with E-state index in [9.17, 15) is 4.79 Å². The molecular weight excluding hydrogens is 352 g/mol. The van der Waals surface area contributed by atoms with E-state index in [2.05, 4.69) is 27.8 Å². The van der Waals surface area contributed by atoms with Gasteiger partial charge in [-0.2, -0.15) is 0 Å². The number of aromatic nitrogens is 2. The number of para-hydroxylation sites is 1. The number of hydrogen-bond acceptors (Lipinski definition) is 6. The summed E-state index contributed by atoms with van der Waals surface area (Å²) in [5.74, 6) is 0.247. The Morgan fingerprint density at radius 3 is 2.52 bits per heavy atom. The predicted molar refractivity (Wildman–Crippen MR) is 105 cm³/mol. The van der Waals surface area contributed by atoms with Crippen LogP contribution in [0.4, 0.5) is 16.5 Å². The highest BCUT2D eigenvalue weighted by Crippen LogP contribution is 2.27. The van der Waals surface area contributed by atoms with Crippen LogP contribution in [0.3, 0.4) is 0 Å². The first-order chi connectivity index (χ1) is 12.2. The van der Waals surface area contributed by atoms with Crippen LogP contribution in [0.25, 0.3) is 0 Å². The maximum absolute atomic E-state index is 12.0. The summed E-state index contributed by atoms with van der Waals surface area (Å²) in [6.07, 6.45) is 0.987. The monoisotopic (exact) mass is 370 g/mol. The number of carbonyl (C=O) groups excluding carboxylic acids is 1. The van der Waals surface area contributed by atoms with Crippen LogP contribution >= 0.6 is 23.1 Å². The number of nitrogens with one attached hydrogen (secondary N) is 2. The van der Waals surface area contributed by atoms with Crippen molar-refractivity contribution in [3.05, 3.63) is 60.2 Å². The minimum absolute atomic E-state index is 0.0537. The van der Waals surface area contributed by atoms with E-state index >= 15 is 0 Å². The lowest BCUT2D eigenvalue weighted by atomic mass is 10.1. The zero-order valence-corrected chi connectivity index (χ0v) is 15.4. The third-order valence-electron chi connectivity index (χ3n) is 3.40. The molecule has 0 unspecified atom stereocenters. The summed E-state index contributed by atoms with van der Waals surface area (Å²) in [6.45, 7) is 2.10. The van der Waals surface area contributed by atoms with Crippen molar-refractivity contribution in [1.29, 1.82) is 0 Å². The summed E-state index contributed by atoms with van der Waals surface area (Å²) in [6, 6.07) is 17.7. The molecule has 0 bridgehead atoms. The summed E-state index contributed by atoms with van der Waals surface area (Å²) in [4.78, 5) is 12.0. The van der Waals surface area contributed by atoms with Gasteiger partial charge in [-0.05, 0) is 36.2 Å². The first-order valence-corrected chi connectivity index (χ1v) is 9.70. The third-order valence-corrected chi connectivity index (χ3v) is 5.38. The molecule has 0 atom stereocenters. The fourth-order valence-corrected chi connectivity index (χ4v) is 3.68. The lowest BCUT2D eigenvalue weighted by Crippen LogP contribution is -2.13. The van der Waals surface area contributed by atoms with Crippen LogP contribution in [0.1, 0.15) is 12.5 Å². The summed E-state index contributed by atoms with van der Waals surface area (Å²) < 4.78 is 0.759. The van der Waals surface area contributed by atoms with Crippen LogP contribution in [-0.2, 0) is 11.2 Å². The molecule has 0 radical (unpaired) electrons. The van der Waals surface area contributed by atoms with E-state index in [1.165, 1.54) is 28.7 Å². The number of amides is 1. The van der Waals surface area contributed by atoms with Gasteiger partial charge >= 0.3 is 0 Å². The second-order valence-corrected chi connectivity index (χ2v) is 7.45.